The van der Waals surface area contributed by atoms with Crippen LogP contribution in [-0.4, -0.2) is 27.5 Å². The van der Waals surface area contributed by atoms with Crippen molar-refractivity contribution in [2.45, 2.75) is 18.7 Å². The van der Waals surface area contributed by atoms with Crippen LogP contribution in [0.2, 0.25) is 5.02 Å². The summed E-state index contributed by atoms with van der Waals surface area (Å²) in [4.78, 5) is 12.6. The number of carbonyl (C=O) groups excluding carboxylic acids is 1. The summed E-state index contributed by atoms with van der Waals surface area (Å²) < 4.78 is 42.4. The Hall–Kier alpha value is -3.27. The van der Waals surface area contributed by atoms with Crippen molar-refractivity contribution in [2.75, 3.05) is 18.5 Å². The van der Waals surface area contributed by atoms with E-state index in [-0.39, 0.29) is 28.6 Å². The third kappa shape index (κ3) is 7.61. The molecule has 3 aromatic rings. The van der Waals surface area contributed by atoms with Gasteiger partial charge in [-0.2, -0.15) is 13.7 Å². The topological polar surface area (TPSA) is 115 Å². The van der Waals surface area contributed by atoms with E-state index in [1.165, 1.54) is 36.4 Å². The van der Waals surface area contributed by atoms with Crippen LogP contribution in [0.3, 0.4) is 0 Å². The number of amides is 1. The summed E-state index contributed by atoms with van der Waals surface area (Å²) in [5, 5.41) is 12.7. The molecule has 0 heterocycles. The van der Waals surface area contributed by atoms with Crippen LogP contribution in [0.25, 0.3) is 6.08 Å². The van der Waals surface area contributed by atoms with E-state index in [1.54, 1.807) is 37.3 Å². The number of anilines is 1. The molecule has 1 amide bonds. The zero-order valence-electron chi connectivity index (χ0n) is 19.8. The minimum Gasteiger partial charge on any atom is -0.494 e. The number of ether oxygens (including phenoxy) is 2. The van der Waals surface area contributed by atoms with Gasteiger partial charge < -0.3 is 19.0 Å². The van der Waals surface area contributed by atoms with Gasteiger partial charge in [-0.05, 0) is 109 Å². The van der Waals surface area contributed by atoms with Crippen molar-refractivity contribution in [3.05, 3.63) is 80.4 Å². The lowest BCUT2D eigenvalue weighted by Crippen LogP contribution is -2.13. The molecule has 0 aromatic heterocycles. The second kappa shape index (κ2) is 12.8. The monoisotopic (exact) mass is 652 g/mol. The molecule has 0 aliphatic carbocycles. The summed E-state index contributed by atoms with van der Waals surface area (Å²) in [6.07, 6.45) is 1.38. The minimum atomic E-state index is -4.17. The lowest BCUT2D eigenvalue weighted by Gasteiger charge is -2.15. The van der Waals surface area contributed by atoms with Gasteiger partial charge in [0.1, 0.15) is 22.3 Å². The van der Waals surface area contributed by atoms with E-state index in [1.807, 2.05) is 35.6 Å². The molecule has 192 valence electrons. The molecule has 3 aromatic carbocycles. The number of nitrogens with one attached hydrogen (secondary N) is 1. The molecule has 37 heavy (non-hydrogen) atoms. The number of halogens is 2. The molecule has 11 heteroatoms. The Morgan fingerprint density at radius 2 is 1.70 bits per heavy atom. The summed E-state index contributed by atoms with van der Waals surface area (Å²) in [6.45, 7) is 4.35. The normalized spacial score (nSPS) is 11.4. The predicted molar refractivity (Wildman–Crippen MR) is 149 cm³/mol. The average Bonchev–Trinajstić information content (AvgIpc) is 2.86. The molecule has 0 saturated heterocycles. The Morgan fingerprint density at radius 1 is 1.05 bits per heavy atom. The number of carbonyl (C=O) groups is 1. The summed E-state index contributed by atoms with van der Waals surface area (Å²) in [5.74, 6) is 0.189. The Labute approximate surface area is 234 Å². The lowest BCUT2D eigenvalue weighted by atomic mass is 10.1. The Kier molecular flexibility index (Phi) is 9.79. The van der Waals surface area contributed by atoms with Crippen LogP contribution >= 0.6 is 34.2 Å². The molecule has 0 atom stereocenters. The van der Waals surface area contributed by atoms with Gasteiger partial charge in [0.25, 0.3) is 5.91 Å². The van der Waals surface area contributed by atoms with Gasteiger partial charge in [0, 0.05) is 10.7 Å². The molecule has 0 bridgehead atoms. The number of hydrogen-bond acceptors (Lipinski definition) is 7. The van der Waals surface area contributed by atoms with Crippen LogP contribution in [0.1, 0.15) is 19.4 Å². The molecule has 0 saturated carbocycles. The Bertz CT molecular complexity index is 1450. The standard InChI is InChI=1S/C26H22ClIN2O6S/c1-3-34-21-9-7-20(8-10-21)30-26(31)18(16-29)13-17-14-23(28)25(24(15-17)35-4-2)36-37(32,33)22-11-5-19(27)6-12-22/h5-15H,3-4H2,1-2H3,(H,30,31)/b18-13+. The van der Waals surface area contributed by atoms with Gasteiger partial charge in [-0.25, -0.2) is 0 Å². The molecule has 8 nitrogen and oxygen atoms in total. The number of nitrogens with zero attached hydrogens (tertiary/aromatic N) is 1. The largest absolute Gasteiger partial charge is 0.494 e. The van der Waals surface area contributed by atoms with E-state index in [0.29, 0.717) is 32.2 Å². The summed E-state index contributed by atoms with van der Waals surface area (Å²) in [5.41, 5.74) is 0.785. The maximum Gasteiger partial charge on any atom is 0.339 e. The second-order valence-corrected chi connectivity index (χ2v) is 10.5. The second-order valence-electron chi connectivity index (χ2n) is 7.34. The van der Waals surface area contributed by atoms with E-state index in [9.17, 15) is 18.5 Å². The molecule has 0 aliphatic rings. The van der Waals surface area contributed by atoms with Crippen LogP contribution in [-0.2, 0) is 14.9 Å². The van der Waals surface area contributed by atoms with Crippen LogP contribution < -0.4 is 19.0 Å². The molecular formula is C26H22ClIN2O6S. The lowest BCUT2D eigenvalue weighted by molar-refractivity contribution is -0.112. The highest BCUT2D eigenvalue weighted by molar-refractivity contribution is 14.1. The highest BCUT2D eigenvalue weighted by atomic mass is 127. The molecule has 0 unspecified atom stereocenters. The summed E-state index contributed by atoms with van der Waals surface area (Å²) in [6, 6.07) is 17.3. The fraction of sp³-hybridized carbons (Fsp3) is 0.154. The van der Waals surface area contributed by atoms with Crippen molar-refractivity contribution in [1.82, 2.24) is 0 Å². The summed E-state index contributed by atoms with van der Waals surface area (Å²) in [7, 11) is -4.17. The quantitative estimate of drug-likeness (QED) is 0.123. The van der Waals surface area contributed by atoms with Crippen molar-refractivity contribution >= 4 is 62.0 Å². The van der Waals surface area contributed by atoms with Crippen LogP contribution in [0.5, 0.6) is 17.2 Å². The first-order valence-corrected chi connectivity index (χ1v) is 13.9. The minimum absolute atomic E-state index is 0.00750. The highest BCUT2D eigenvalue weighted by Gasteiger charge is 2.22. The predicted octanol–water partition coefficient (Wildman–Crippen LogP) is 6.06. The van der Waals surface area contributed by atoms with Crippen molar-refractivity contribution in [3.63, 3.8) is 0 Å². The first kappa shape index (κ1) is 28.3. The van der Waals surface area contributed by atoms with E-state index < -0.39 is 16.0 Å². The number of hydrogen-bond donors (Lipinski definition) is 1. The van der Waals surface area contributed by atoms with Gasteiger partial charge in [-0.3, -0.25) is 4.79 Å². The van der Waals surface area contributed by atoms with Gasteiger partial charge in [-0.1, -0.05) is 11.6 Å². The van der Waals surface area contributed by atoms with Crippen LogP contribution in [0, 0.1) is 14.9 Å². The zero-order valence-corrected chi connectivity index (χ0v) is 23.6. The molecule has 1 N–H and O–H groups in total. The highest BCUT2D eigenvalue weighted by Crippen LogP contribution is 2.37. The molecule has 0 fully saturated rings. The zero-order chi connectivity index (χ0) is 27.0. The fourth-order valence-electron chi connectivity index (χ4n) is 3.09. The molecule has 3 rings (SSSR count). The molecular weight excluding hydrogens is 631 g/mol. The van der Waals surface area contributed by atoms with Crippen molar-refractivity contribution in [2.24, 2.45) is 0 Å². The number of rotatable bonds is 10. The molecule has 0 radical (unpaired) electrons. The maximum atomic E-state index is 12.8. The van der Waals surface area contributed by atoms with Gasteiger partial charge in [0.15, 0.2) is 11.5 Å². The molecule has 0 aliphatic heterocycles. The molecule has 0 spiro atoms. The smallest absolute Gasteiger partial charge is 0.339 e. The van der Waals surface area contributed by atoms with Gasteiger partial charge in [0.05, 0.1) is 16.8 Å². The summed E-state index contributed by atoms with van der Waals surface area (Å²) >= 11 is 7.76. The fourth-order valence-corrected chi connectivity index (χ4v) is 5.06. The number of nitriles is 1. The van der Waals surface area contributed by atoms with Gasteiger partial charge in [-0.15, -0.1) is 0 Å². The van der Waals surface area contributed by atoms with Crippen molar-refractivity contribution in [1.29, 1.82) is 5.26 Å². The Morgan fingerprint density at radius 3 is 2.30 bits per heavy atom. The van der Waals surface area contributed by atoms with Crippen molar-refractivity contribution in [3.8, 4) is 23.3 Å². The average molecular weight is 653 g/mol. The van der Waals surface area contributed by atoms with E-state index in [0.717, 1.165) is 0 Å². The number of benzene rings is 3. The SMILES string of the molecule is CCOc1ccc(NC(=O)/C(C#N)=C/c2cc(I)c(OS(=O)(=O)c3ccc(Cl)cc3)c(OCC)c2)cc1. The van der Waals surface area contributed by atoms with Gasteiger partial charge in [0.2, 0.25) is 0 Å². The van der Waals surface area contributed by atoms with Gasteiger partial charge >= 0.3 is 10.1 Å². The van der Waals surface area contributed by atoms with Crippen LogP contribution in [0.15, 0.2) is 71.1 Å². The van der Waals surface area contributed by atoms with E-state index in [2.05, 4.69) is 5.32 Å². The third-order valence-electron chi connectivity index (χ3n) is 4.73. The van der Waals surface area contributed by atoms with E-state index in [4.69, 9.17) is 25.3 Å². The van der Waals surface area contributed by atoms with Crippen LogP contribution in [0.4, 0.5) is 5.69 Å². The third-order valence-corrected chi connectivity index (χ3v) is 7.02. The maximum absolute atomic E-state index is 12.8. The van der Waals surface area contributed by atoms with E-state index >= 15 is 0 Å². The Balaban J connectivity index is 1.89. The van der Waals surface area contributed by atoms with Crippen molar-refractivity contribution < 1.29 is 26.9 Å². The first-order chi connectivity index (χ1) is 17.7. The first-order valence-electron chi connectivity index (χ1n) is 11.0.